The second-order valence-electron chi connectivity index (χ2n) is 9.54. The molecule has 0 aromatic heterocycles. The van der Waals surface area contributed by atoms with Gasteiger partial charge >= 0.3 is 0 Å². The first-order chi connectivity index (χ1) is 11.1. The van der Waals surface area contributed by atoms with Crippen molar-refractivity contribution in [3.63, 3.8) is 0 Å². The molecule has 0 bridgehead atoms. The van der Waals surface area contributed by atoms with Gasteiger partial charge in [-0.3, -0.25) is 0 Å². The predicted molar refractivity (Wildman–Crippen MR) is 128 cm³/mol. The third-order valence-corrected chi connectivity index (χ3v) is 17.2. The van der Waals surface area contributed by atoms with Crippen LogP contribution in [0.4, 0.5) is 0 Å². The number of alkyl halides is 1. The van der Waals surface area contributed by atoms with E-state index in [2.05, 4.69) is 96.1 Å². The van der Waals surface area contributed by atoms with Gasteiger partial charge in [0.25, 0.3) is 0 Å². The molecule has 0 aromatic rings. The number of aliphatic hydroxyl groups is 1. The van der Waals surface area contributed by atoms with Crippen LogP contribution in [0.3, 0.4) is 0 Å². The average Bonchev–Trinajstić information content (AvgIpc) is 2.40. The van der Waals surface area contributed by atoms with E-state index in [0.717, 1.165) is 12.8 Å². The minimum atomic E-state index is -1.59. The second-order valence-corrected chi connectivity index (χ2v) is 20.5. The minimum Gasteiger partial charge on any atom is -0.455 e. The summed E-state index contributed by atoms with van der Waals surface area (Å²) < 4.78 is 7.84. The number of hydrogen-bond donors (Lipinski definition) is 1. The van der Waals surface area contributed by atoms with Crippen molar-refractivity contribution in [2.45, 2.75) is 97.1 Å². The summed E-state index contributed by atoms with van der Waals surface area (Å²) in [6.45, 7) is 23.5. The standard InChI is InChI=1S/C12H30OSi2.C8H13IO/c1-11(2,3)14(7,8)13-15(9,10)12(4,5)6;9-7-5-3-1-2-4-6-8-10/h1-10H3;1,4,10H,3,5-8H2. The van der Waals surface area contributed by atoms with Crippen LogP contribution in [0.1, 0.15) is 60.8 Å². The maximum atomic E-state index is 8.38. The molecule has 0 aliphatic rings. The van der Waals surface area contributed by atoms with Gasteiger partial charge in [-0.2, -0.15) is 0 Å². The van der Waals surface area contributed by atoms with E-state index in [9.17, 15) is 0 Å². The smallest absolute Gasteiger partial charge is 0.178 e. The first kappa shape index (κ1) is 27.8. The highest BCUT2D eigenvalue weighted by Gasteiger charge is 2.46. The normalized spacial score (nSPS) is 12.8. The molecule has 150 valence electrons. The van der Waals surface area contributed by atoms with Crippen molar-refractivity contribution in [3.05, 3.63) is 17.9 Å². The van der Waals surface area contributed by atoms with E-state index in [1.807, 2.05) is 12.2 Å². The Balaban J connectivity index is 0. The Hall–Kier alpha value is 0.604. The fourth-order valence-corrected chi connectivity index (χ4v) is 9.43. The molecule has 0 heterocycles. The van der Waals surface area contributed by atoms with Crippen molar-refractivity contribution < 1.29 is 9.22 Å². The molecule has 5 heteroatoms. The molecule has 0 aliphatic carbocycles. The quantitative estimate of drug-likeness (QED) is 0.131. The molecule has 0 saturated carbocycles. The summed E-state index contributed by atoms with van der Waals surface area (Å²) in [5, 5.41) is 9.03. The molecular formula is C20H43IO2Si2. The molecule has 0 amide bonds. The van der Waals surface area contributed by atoms with Gasteiger partial charge in [-0.15, -0.1) is 5.73 Å². The molecule has 0 fully saturated rings. The predicted octanol–water partition coefficient (Wildman–Crippen LogP) is 7.31. The topological polar surface area (TPSA) is 29.5 Å². The lowest BCUT2D eigenvalue weighted by Gasteiger charge is -2.47. The fourth-order valence-electron chi connectivity index (χ4n) is 1.44. The van der Waals surface area contributed by atoms with Gasteiger partial charge in [-0.1, -0.05) is 64.1 Å². The van der Waals surface area contributed by atoms with Crippen LogP contribution in [0.2, 0.25) is 36.3 Å². The lowest BCUT2D eigenvalue weighted by Crippen LogP contribution is -2.53. The summed E-state index contributed by atoms with van der Waals surface area (Å²) in [6.07, 6.45) is 6.94. The summed E-state index contributed by atoms with van der Waals surface area (Å²) >= 11 is 2.36. The van der Waals surface area contributed by atoms with Crippen molar-refractivity contribution in [2.75, 3.05) is 11.0 Å². The van der Waals surface area contributed by atoms with Crippen LogP contribution in [0.15, 0.2) is 17.9 Å². The molecule has 0 spiro atoms. The minimum absolute atomic E-state index is 0.229. The zero-order valence-corrected chi connectivity index (χ0v) is 22.6. The van der Waals surface area contributed by atoms with Gasteiger partial charge in [0.15, 0.2) is 16.6 Å². The van der Waals surface area contributed by atoms with Crippen molar-refractivity contribution in [2.24, 2.45) is 0 Å². The Morgan fingerprint density at radius 1 is 0.880 bits per heavy atom. The highest BCUT2D eigenvalue weighted by molar-refractivity contribution is 14.1. The maximum Gasteiger partial charge on any atom is 0.178 e. The number of hydrogen-bond acceptors (Lipinski definition) is 2. The third kappa shape index (κ3) is 12.6. The zero-order chi connectivity index (χ0) is 20.4. The molecule has 0 radical (unpaired) electrons. The molecule has 0 rings (SSSR count). The molecule has 0 atom stereocenters. The van der Waals surface area contributed by atoms with E-state index in [1.54, 1.807) is 0 Å². The Labute approximate surface area is 173 Å². The fraction of sp³-hybridized carbons (Fsp3) is 0.850. The van der Waals surface area contributed by atoms with Gasteiger partial charge < -0.3 is 9.22 Å². The summed E-state index contributed by atoms with van der Waals surface area (Å²) in [5.74, 6) is 0. The van der Waals surface area contributed by atoms with Gasteiger partial charge in [-0.05, 0) is 72.1 Å². The van der Waals surface area contributed by atoms with E-state index in [0.29, 0.717) is 10.1 Å². The van der Waals surface area contributed by atoms with E-state index in [4.69, 9.17) is 9.22 Å². The number of aliphatic hydroxyl groups excluding tert-OH is 1. The van der Waals surface area contributed by atoms with Crippen LogP contribution in [0, 0.1) is 0 Å². The number of halogens is 1. The summed E-state index contributed by atoms with van der Waals surface area (Å²) in [6, 6.07) is 0. The van der Waals surface area contributed by atoms with Crippen LogP contribution >= 0.6 is 22.6 Å². The van der Waals surface area contributed by atoms with Crippen molar-refractivity contribution in [3.8, 4) is 0 Å². The summed E-state index contributed by atoms with van der Waals surface area (Å²) in [7, 11) is -3.18. The molecule has 0 unspecified atom stereocenters. The average molecular weight is 499 g/mol. The van der Waals surface area contributed by atoms with Crippen LogP contribution in [-0.2, 0) is 4.12 Å². The molecule has 1 N–H and O–H groups in total. The molecule has 0 aromatic carbocycles. The highest BCUT2D eigenvalue weighted by atomic mass is 127. The third-order valence-electron chi connectivity index (χ3n) is 5.11. The van der Waals surface area contributed by atoms with Gasteiger partial charge in [0.05, 0.1) is 0 Å². The molecular weight excluding hydrogens is 455 g/mol. The van der Waals surface area contributed by atoms with Crippen LogP contribution < -0.4 is 0 Å². The van der Waals surface area contributed by atoms with Gasteiger partial charge in [-0.25, -0.2) is 0 Å². The van der Waals surface area contributed by atoms with E-state index in [-0.39, 0.29) is 6.61 Å². The van der Waals surface area contributed by atoms with E-state index in [1.165, 1.54) is 10.8 Å². The Morgan fingerprint density at radius 2 is 1.28 bits per heavy atom. The van der Waals surface area contributed by atoms with Crippen molar-refractivity contribution in [1.82, 2.24) is 0 Å². The Bertz CT molecular complexity index is 388. The Morgan fingerprint density at radius 3 is 1.60 bits per heavy atom. The van der Waals surface area contributed by atoms with Crippen molar-refractivity contribution in [1.29, 1.82) is 0 Å². The Kier molecular flexibility index (Phi) is 13.5. The SMILES string of the molecule is CC(C)(C)[Si](C)(C)O[Si](C)(C)C(C)(C)C.OCCC=C=CCCCI. The summed E-state index contributed by atoms with van der Waals surface area (Å²) in [4.78, 5) is 0. The van der Waals surface area contributed by atoms with Gasteiger partial charge in [0.1, 0.15) is 0 Å². The van der Waals surface area contributed by atoms with Crippen LogP contribution in [-0.4, -0.2) is 32.8 Å². The lowest BCUT2D eigenvalue weighted by atomic mass is 10.2. The first-order valence-corrected chi connectivity index (χ1v) is 16.7. The van der Waals surface area contributed by atoms with Gasteiger partial charge in [0.2, 0.25) is 0 Å². The monoisotopic (exact) mass is 498 g/mol. The maximum absolute atomic E-state index is 8.38. The zero-order valence-electron chi connectivity index (χ0n) is 18.4. The lowest BCUT2D eigenvalue weighted by molar-refractivity contribution is 0.302. The molecule has 0 saturated heterocycles. The van der Waals surface area contributed by atoms with Crippen molar-refractivity contribution >= 4 is 39.2 Å². The molecule has 2 nitrogen and oxygen atoms in total. The van der Waals surface area contributed by atoms with E-state index < -0.39 is 16.6 Å². The highest BCUT2D eigenvalue weighted by Crippen LogP contribution is 2.44. The van der Waals surface area contributed by atoms with Gasteiger partial charge in [0, 0.05) is 6.61 Å². The molecule has 0 aliphatic heterocycles. The summed E-state index contributed by atoms with van der Waals surface area (Å²) in [5.41, 5.74) is 3.01. The number of rotatable bonds is 7. The second kappa shape index (κ2) is 12.1. The first-order valence-electron chi connectivity index (χ1n) is 9.39. The van der Waals surface area contributed by atoms with Crippen LogP contribution in [0.5, 0.6) is 0 Å². The molecule has 25 heavy (non-hydrogen) atoms. The van der Waals surface area contributed by atoms with Crippen LogP contribution in [0.25, 0.3) is 0 Å². The van der Waals surface area contributed by atoms with E-state index >= 15 is 0 Å². The largest absolute Gasteiger partial charge is 0.455 e. The number of unbranched alkanes of at least 4 members (excludes halogenated alkanes) is 1.